The van der Waals surface area contributed by atoms with Crippen LogP contribution >= 0.6 is 11.3 Å². The lowest BCUT2D eigenvalue weighted by atomic mass is 9.97. The number of ketones is 1. The summed E-state index contributed by atoms with van der Waals surface area (Å²) >= 11 is 1.27. The number of anilines is 1. The maximum Gasteiger partial charge on any atom is 0.275 e. The van der Waals surface area contributed by atoms with Crippen LogP contribution in [-0.4, -0.2) is 42.1 Å². The number of rotatable bonds is 5. The second-order valence-corrected chi connectivity index (χ2v) is 8.66. The van der Waals surface area contributed by atoms with Crippen molar-refractivity contribution in [2.45, 2.75) is 46.0 Å². The van der Waals surface area contributed by atoms with E-state index in [4.69, 9.17) is 0 Å². The first-order valence-electron chi connectivity index (χ1n) is 11.1. The molecule has 1 N–H and O–H groups in total. The van der Waals surface area contributed by atoms with Crippen LogP contribution in [0.1, 0.15) is 70.3 Å². The van der Waals surface area contributed by atoms with Crippen molar-refractivity contribution >= 4 is 45.8 Å². The van der Waals surface area contributed by atoms with Crippen molar-refractivity contribution in [2.75, 3.05) is 5.32 Å². The molecule has 3 aromatic heterocycles. The van der Waals surface area contributed by atoms with E-state index in [-0.39, 0.29) is 29.9 Å². The first-order chi connectivity index (χ1) is 16.5. The molecule has 9 nitrogen and oxygen atoms in total. The fourth-order valence-corrected chi connectivity index (χ4v) is 4.65. The number of benzene rings is 1. The first-order valence-corrected chi connectivity index (χ1v) is 11.9. The van der Waals surface area contributed by atoms with Crippen LogP contribution in [0.4, 0.5) is 5.82 Å². The van der Waals surface area contributed by atoms with Crippen LogP contribution < -0.4 is 5.32 Å². The molecule has 1 atom stereocenters. The molecule has 34 heavy (non-hydrogen) atoms. The summed E-state index contributed by atoms with van der Waals surface area (Å²) in [6.45, 7) is 5.90. The van der Waals surface area contributed by atoms with Gasteiger partial charge in [0.05, 0.1) is 22.2 Å². The van der Waals surface area contributed by atoms with Crippen LogP contribution in [0.5, 0.6) is 0 Å². The molecule has 0 saturated heterocycles. The van der Waals surface area contributed by atoms with Crippen LogP contribution in [0.25, 0.3) is 11.0 Å². The predicted molar refractivity (Wildman–Crippen MR) is 129 cm³/mol. The summed E-state index contributed by atoms with van der Waals surface area (Å²) in [7, 11) is 0. The number of nitrogens with zero attached hydrogens (tertiary/aromatic N) is 5. The summed E-state index contributed by atoms with van der Waals surface area (Å²) in [4.78, 5) is 54.9. The number of aromatic nitrogens is 5. The van der Waals surface area contributed by atoms with Crippen molar-refractivity contribution in [3.8, 4) is 0 Å². The van der Waals surface area contributed by atoms with E-state index in [9.17, 15) is 14.4 Å². The predicted octanol–water partition coefficient (Wildman–Crippen LogP) is 4.26. The quantitative estimate of drug-likeness (QED) is 0.427. The van der Waals surface area contributed by atoms with Gasteiger partial charge in [-0.25, -0.2) is 19.9 Å². The largest absolute Gasteiger partial charge is 0.310 e. The van der Waals surface area contributed by atoms with Gasteiger partial charge in [0.25, 0.3) is 5.91 Å². The Morgan fingerprint density at radius 3 is 2.74 bits per heavy atom. The van der Waals surface area contributed by atoms with E-state index < -0.39 is 0 Å². The number of nitrogens with one attached hydrogen (secondary N) is 1. The highest BCUT2D eigenvalue weighted by Gasteiger charge is 2.26. The van der Waals surface area contributed by atoms with Crippen molar-refractivity contribution in [1.82, 2.24) is 24.5 Å². The van der Waals surface area contributed by atoms with Gasteiger partial charge in [0.15, 0.2) is 5.78 Å². The van der Waals surface area contributed by atoms with Crippen molar-refractivity contribution in [3.63, 3.8) is 0 Å². The highest BCUT2D eigenvalue weighted by atomic mass is 32.1. The van der Waals surface area contributed by atoms with Gasteiger partial charge in [-0.05, 0) is 18.6 Å². The van der Waals surface area contributed by atoms with Crippen molar-refractivity contribution in [1.29, 1.82) is 0 Å². The number of thiazole rings is 1. The molecule has 1 amide bonds. The summed E-state index contributed by atoms with van der Waals surface area (Å²) in [5.41, 5.74) is 2.48. The summed E-state index contributed by atoms with van der Waals surface area (Å²) in [5.74, 6) is -0.259. The van der Waals surface area contributed by atoms with Gasteiger partial charge in [0.2, 0.25) is 5.91 Å². The highest BCUT2D eigenvalue weighted by Crippen LogP contribution is 2.29. The third-order valence-corrected chi connectivity index (χ3v) is 6.61. The molecule has 0 aliphatic carbocycles. The van der Waals surface area contributed by atoms with Gasteiger partial charge < -0.3 is 5.32 Å². The normalized spacial score (nSPS) is 13.4. The molecular weight excluding hydrogens is 452 g/mol. The summed E-state index contributed by atoms with van der Waals surface area (Å²) in [6, 6.07) is 7.42. The molecule has 1 aromatic carbocycles. The van der Waals surface area contributed by atoms with Crippen LogP contribution in [0.2, 0.25) is 0 Å². The number of carbonyl (C=O) groups excluding carboxylic acids is 3. The molecule has 4 aromatic rings. The Labute approximate surface area is 200 Å². The maximum absolute atomic E-state index is 13.0. The van der Waals surface area contributed by atoms with Gasteiger partial charge in [0.1, 0.15) is 29.0 Å². The molecule has 0 unspecified atom stereocenters. The van der Waals surface area contributed by atoms with Crippen LogP contribution in [0.15, 0.2) is 43.1 Å². The SMILES string of the molecule is CC.C[C@@H](CC(=O)c1ncnc2c1CCC(=O)N2)c1ncc(C(=O)n2cnc3ccccc32)s1. The standard InChI is InChI=1S/C22H18N6O3S.C2H6/c1-12(8-16(29)19-13-6-7-18(30)27-20(13)25-10-24-19)21-23-9-17(32-21)22(31)28-11-26-14-4-2-3-5-15(14)28;1-2/h2-5,9-12H,6-8H2,1H3,(H,24,25,27,30);1-2H3/t12-;/m0./s1. The highest BCUT2D eigenvalue weighted by molar-refractivity contribution is 7.13. The maximum atomic E-state index is 13.0. The Morgan fingerprint density at radius 2 is 1.91 bits per heavy atom. The lowest BCUT2D eigenvalue weighted by molar-refractivity contribution is -0.116. The second-order valence-electron chi connectivity index (χ2n) is 7.60. The molecule has 10 heteroatoms. The summed E-state index contributed by atoms with van der Waals surface area (Å²) in [5, 5.41) is 3.38. The van der Waals surface area contributed by atoms with Crippen LogP contribution in [0, 0.1) is 0 Å². The Morgan fingerprint density at radius 1 is 1.12 bits per heavy atom. The number of amides is 1. The lowest BCUT2D eigenvalue weighted by Crippen LogP contribution is -2.23. The fraction of sp³-hybridized carbons (Fsp3) is 0.292. The monoisotopic (exact) mass is 476 g/mol. The molecule has 174 valence electrons. The Kier molecular flexibility index (Phi) is 6.87. The molecule has 5 rings (SSSR count). The Bertz CT molecular complexity index is 1380. The minimum absolute atomic E-state index is 0.117. The Balaban J connectivity index is 0.00000133. The Hall–Kier alpha value is -3.79. The molecule has 0 radical (unpaired) electrons. The molecule has 4 heterocycles. The zero-order valence-corrected chi connectivity index (χ0v) is 19.9. The number of hydrogen-bond acceptors (Lipinski definition) is 8. The summed E-state index contributed by atoms with van der Waals surface area (Å²) < 4.78 is 1.50. The van der Waals surface area contributed by atoms with E-state index in [1.807, 2.05) is 45.0 Å². The first kappa shape index (κ1) is 23.4. The number of Topliss-reactive ketones (excluding diaryl/α,β-unsaturated/α-hetero) is 1. The fourth-order valence-electron chi connectivity index (χ4n) is 3.75. The van der Waals surface area contributed by atoms with E-state index in [1.165, 1.54) is 28.6 Å². The minimum atomic E-state index is -0.207. The van der Waals surface area contributed by atoms with Gasteiger partial charge in [-0.2, -0.15) is 0 Å². The van der Waals surface area contributed by atoms with E-state index in [2.05, 4.69) is 25.3 Å². The van der Waals surface area contributed by atoms with Gasteiger partial charge >= 0.3 is 0 Å². The molecule has 0 bridgehead atoms. The molecule has 1 aliphatic rings. The third-order valence-electron chi connectivity index (χ3n) is 5.39. The zero-order chi connectivity index (χ0) is 24.2. The van der Waals surface area contributed by atoms with E-state index in [1.54, 1.807) is 6.20 Å². The third kappa shape index (κ3) is 4.49. The lowest BCUT2D eigenvalue weighted by Gasteiger charge is -2.17. The van der Waals surface area contributed by atoms with Gasteiger partial charge in [-0.3, -0.25) is 19.0 Å². The molecular formula is C24H24N6O3S. The summed E-state index contributed by atoms with van der Waals surface area (Å²) in [6.07, 6.45) is 5.27. The molecule has 0 spiro atoms. The number of carbonyl (C=O) groups is 3. The smallest absolute Gasteiger partial charge is 0.275 e. The van der Waals surface area contributed by atoms with Crippen molar-refractivity contribution < 1.29 is 14.4 Å². The number of hydrogen-bond donors (Lipinski definition) is 1. The van der Waals surface area contributed by atoms with E-state index >= 15 is 0 Å². The van der Waals surface area contributed by atoms with Gasteiger partial charge in [0, 0.05) is 24.3 Å². The number of para-hydroxylation sites is 2. The number of fused-ring (bicyclic) bond motifs is 2. The average Bonchev–Trinajstić information content (AvgIpc) is 3.52. The average molecular weight is 477 g/mol. The van der Waals surface area contributed by atoms with Crippen LogP contribution in [0.3, 0.4) is 0 Å². The van der Waals surface area contributed by atoms with Crippen molar-refractivity contribution in [2.24, 2.45) is 0 Å². The van der Waals surface area contributed by atoms with E-state index in [0.717, 1.165) is 11.0 Å². The van der Waals surface area contributed by atoms with Gasteiger partial charge in [-0.15, -0.1) is 11.3 Å². The minimum Gasteiger partial charge on any atom is -0.310 e. The molecule has 0 fully saturated rings. The topological polar surface area (TPSA) is 120 Å². The van der Waals surface area contributed by atoms with Crippen molar-refractivity contribution in [3.05, 3.63) is 64.3 Å². The van der Waals surface area contributed by atoms with Gasteiger partial charge in [-0.1, -0.05) is 32.9 Å². The van der Waals surface area contributed by atoms with E-state index in [0.29, 0.717) is 39.8 Å². The second kappa shape index (κ2) is 10.0. The number of imidazole rings is 1. The zero-order valence-electron chi connectivity index (χ0n) is 19.1. The molecule has 0 saturated carbocycles. The van der Waals surface area contributed by atoms with Crippen LogP contribution in [-0.2, 0) is 11.2 Å². The molecule has 1 aliphatic heterocycles.